The maximum atomic E-state index is 13.5. The van der Waals surface area contributed by atoms with Gasteiger partial charge in [-0.1, -0.05) is 19.1 Å². The van der Waals surface area contributed by atoms with Crippen LogP contribution in [-0.2, 0) is 21.1 Å². The molecule has 29 heavy (non-hydrogen) atoms. The molecule has 5 nitrogen and oxygen atoms in total. The molecule has 0 atom stereocenters. The van der Waals surface area contributed by atoms with Gasteiger partial charge in [-0.3, -0.25) is 4.79 Å². The molecule has 0 aliphatic rings. The minimum Gasteiger partial charge on any atom is -0.424 e. The van der Waals surface area contributed by atoms with Crippen LogP contribution in [-0.4, -0.2) is 25.2 Å². The Balaban J connectivity index is 2.31. The number of sulfone groups is 1. The lowest BCUT2D eigenvalue weighted by Crippen LogP contribution is -2.04. The Morgan fingerprint density at radius 3 is 2.14 bits per heavy atom. The average Bonchev–Trinajstić information content (AvgIpc) is 2.93. The molecule has 0 spiro atoms. The standard InChI is InChI=1S/C22H22FNO4S/c1-5-20-21(16-6-12-19(13-7-16)29(4,26)27)24(14(2)22(20)28-15(3)25)18-10-8-17(23)9-11-18/h6-13H,5H2,1-4H3. The van der Waals surface area contributed by atoms with Gasteiger partial charge >= 0.3 is 5.97 Å². The van der Waals surface area contributed by atoms with Gasteiger partial charge in [0.1, 0.15) is 5.82 Å². The zero-order valence-electron chi connectivity index (χ0n) is 16.7. The molecule has 0 fully saturated rings. The highest BCUT2D eigenvalue weighted by Gasteiger charge is 2.24. The van der Waals surface area contributed by atoms with Gasteiger partial charge in [0.25, 0.3) is 0 Å². The lowest BCUT2D eigenvalue weighted by molar-refractivity contribution is -0.131. The molecule has 3 rings (SSSR count). The Kier molecular flexibility index (Phi) is 5.61. The third kappa shape index (κ3) is 4.10. The number of benzene rings is 2. The minimum absolute atomic E-state index is 0.219. The summed E-state index contributed by atoms with van der Waals surface area (Å²) in [5.74, 6) is -0.321. The molecule has 0 bridgehead atoms. The van der Waals surface area contributed by atoms with Gasteiger partial charge in [0.05, 0.1) is 16.3 Å². The Labute approximate surface area is 169 Å². The smallest absolute Gasteiger partial charge is 0.308 e. The Morgan fingerprint density at radius 2 is 1.66 bits per heavy atom. The SMILES string of the molecule is CCc1c(OC(C)=O)c(C)n(-c2ccc(F)cc2)c1-c1ccc(S(C)(=O)=O)cc1. The van der Waals surface area contributed by atoms with E-state index in [4.69, 9.17) is 4.74 Å². The molecule has 7 heteroatoms. The summed E-state index contributed by atoms with van der Waals surface area (Å²) in [5, 5.41) is 0. The molecule has 3 aromatic rings. The van der Waals surface area contributed by atoms with E-state index < -0.39 is 15.8 Å². The molecule has 0 amide bonds. The maximum Gasteiger partial charge on any atom is 0.308 e. The molecule has 0 saturated carbocycles. The summed E-state index contributed by atoms with van der Waals surface area (Å²) in [6, 6.07) is 12.6. The van der Waals surface area contributed by atoms with Gasteiger partial charge in [0, 0.05) is 24.4 Å². The van der Waals surface area contributed by atoms with Crippen LogP contribution < -0.4 is 4.74 Å². The molecule has 2 aromatic carbocycles. The highest BCUT2D eigenvalue weighted by molar-refractivity contribution is 7.90. The topological polar surface area (TPSA) is 65.4 Å². The van der Waals surface area contributed by atoms with Crippen molar-refractivity contribution in [2.75, 3.05) is 6.26 Å². The first kappa shape index (κ1) is 20.8. The molecule has 152 valence electrons. The number of hydrogen-bond acceptors (Lipinski definition) is 4. The first-order valence-electron chi connectivity index (χ1n) is 9.12. The summed E-state index contributed by atoms with van der Waals surface area (Å²) in [6.07, 6.45) is 1.74. The van der Waals surface area contributed by atoms with E-state index in [2.05, 4.69) is 0 Å². The molecular weight excluding hydrogens is 393 g/mol. The van der Waals surface area contributed by atoms with Crippen LogP contribution in [0.2, 0.25) is 0 Å². The van der Waals surface area contributed by atoms with Crippen molar-refractivity contribution in [2.24, 2.45) is 0 Å². The summed E-state index contributed by atoms with van der Waals surface area (Å²) < 4.78 is 44.5. The Morgan fingerprint density at radius 1 is 1.07 bits per heavy atom. The largest absolute Gasteiger partial charge is 0.424 e. The predicted octanol–water partition coefficient (Wildman–Crippen LogP) is 4.48. The number of carbonyl (C=O) groups excluding carboxylic acids is 1. The number of rotatable bonds is 5. The van der Waals surface area contributed by atoms with E-state index in [1.807, 2.05) is 18.4 Å². The number of aromatic nitrogens is 1. The summed E-state index contributed by atoms with van der Waals surface area (Å²) >= 11 is 0. The number of carbonyl (C=O) groups is 1. The Hall–Kier alpha value is -2.93. The van der Waals surface area contributed by atoms with E-state index in [-0.39, 0.29) is 10.7 Å². The van der Waals surface area contributed by atoms with E-state index in [9.17, 15) is 17.6 Å². The van der Waals surface area contributed by atoms with Gasteiger partial charge in [-0.25, -0.2) is 12.8 Å². The molecule has 0 unspecified atom stereocenters. The van der Waals surface area contributed by atoms with Gasteiger partial charge in [-0.2, -0.15) is 0 Å². The number of ether oxygens (including phenoxy) is 1. The van der Waals surface area contributed by atoms with Crippen molar-refractivity contribution in [1.82, 2.24) is 4.57 Å². The average molecular weight is 415 g/mol. The molecule has 0 aliphatic heterocycles. The van der Waals surface area contributed by atoms with Crippen LogP contribution in [0.4, 0.5) is 4.39 Å². The number of hydrogen-bond donors (Lipinski definition) is 0. The second-order valence-corrected chi connectivity index (χ2v) is 8.81. The van der Waals surface area contributed by atoms with Crippen LogP contribution >= 0.6 is 0 Å². The molecule has 0 aliphatic carbocycles. The molecule has 0 saturated heterocycles. The van der Waals surface area contributed by atoms with Gasteiger partial charge in [-0.15, -0.1) is 0 Å². The lowest BCUT2D eigenvalue weighted by atomic mass is 10.1. The van der Waals surface area contributed by atoms with Gasteiger partial charge in [0.15, 0.2) is 15.6 Å². The fourth-order valence-electron chi connectivity index (χ4n) is 3.41. The van der Waals surface area contributed by atoms with Crippen molar-refractivity contribution in [3.8, 4) is 22.7 Å². The number of nitrogens with zero attached hydrogens (tertiary/aromatic N) is 1. The van der Waals surface area contributed by atoms with Crippen molar-refractivity contribution < 1.29 is 22.3 Å². The molecular formula is C22H22FNO4S. The van der Waals surface area contributed by atoms with Crippen LogP contribution in [0.15, 0.2) is 53.4 Å². The quantitative estimate of drug-likeness (QED) is 0.576. The number of halogens is 1. The second-order valence-electron chi connectivity index (χ2n) is 6.80. The predicted molar refractivity (Wildman–Crippen MR) is 110 cm³/mol. The minimum atomic E-state index is -3.32. The summed E-state index contributed by atoms with van der Waals surface area (Å²) in [7, 11) is -3.32. The zero-order valence-corrected chi connectivity index (χ0v) is 17.5. The fourth-order valence-corrected chi connectivity index (χ4v) is 4.04. The molecule has 0 N–H and O–H groups in total. The van der Waals surface area contributed by atoms with Crippen LogP contribution in [0.5, 0.6) is 5.75 Å². The molecule has 0 radical (unpaired) electrons. The first-order valence-corrected chi connectivity index (χ1v) is 11.0. The van der Waals surface area contributed by atoms with E-state index in [1.165, 1.54) is 19.1 Å². The van der Waals surface area contributed by atoms with Crippen LogP contribution in [0.25, 0.3) is 16.9 Å². The van der Waals surface area contributed by atoms with E-state index >= 15 is 0 Å². The number of esters is 1. The fraction of sp³-hybridized carbons (Fsp3) is 0.227. The summed E-state index contributed by atoms with van der Waals surface area (Å²) in [6.45, 7) is 5.12. The molecule has 1 aromatic heterocycles. The van der Waals surface area contributed by atoms with Crippen LogP contribution in [0, 0.1) is 12.7 Å². The Bertz CT molecular complexity index is 1160. The van der Waals surface area contributed by atoms with Crippen molar-refractivity contribution >= 4 is 15.8 Å². The van der Waals surface area contributed by atoms with Crippen LogP contribution in [0.3, 0.4) is 0 Å². The second kappa shape index (κ2) is 7.83. The van der Waals surface area contributed by atoms with E-state index in [1.54, 1.807) is 36.4 Å². The lowest BCUT2D eigenvalue weighted by Gasteiger charge is -2.13. The van der Waals surface area contributed by atoms with Crippen molar-refractivity contribution in [2.45, 2.75) is 32.1 Å². The third-order valence-corrected chi connectivity index (χ3v) is 5.82. The highest BCUT2D eigenvalue weighted by atomic mass is 32.2. The van der Waals surface area contributed by atoms with Crippen molar-refractivity contribution in [3.63, 3.8) is 0 Å². The van der Waals surface area contributed by atoms with Crippen LogP contribution in [0.1, 0.15) is 25.1 Å². The van der Waals surface area contributed by atoms with Gasteiger partial charge in [-0.05, 0) is 55.3 Å². The van der Waals surface area contributed by atoms with Crippen molar-refractivity contribution in [1.29, 1.82) is 0 Å². The summed E-state index contributed by atoms with van der Waals surface area (Å²) in [5.41, 5.74) is 3.76. The van der Waals surface area contributed by atoms with E-state index in [0.717, 1.165) is 23.1 Å². The van der Waals surface area contributed by atoms with Crippen molar-refractivity contribution in [3.05, 3.63) is 65.6 Å². The third-order valence-electron chi connectivity index (χ3n) is 4.69. The maximum absolute atomic E-state index is 13.5. The highest BCUT2D eigenvalue weighted by Crippen LogP contribution is 2.40. The normalized spacial score (nSPS) is 11.5. The van der Waals surface area contributed by atoms with Gasteiger partial charge < -0.3 is 9.30 Å². The van der Waals surface area contributed by atoms with Gasteiger partial charge in [0.2, 0.25) is 0 Å². The zero-order chi connectivity index (χ0) is 21.3. The first-order chi connectivity index (χ1) is 13.6. The van der Waals surface area contributed by atoms with E-state index in [0.29, 0.717) is 23.6 Å². The summed E-state index contributed by atoms with van der Waals surface area (Å²) in [4.78, 5) is 11.9. The molecule has 1 heterocycles. The monoisotopic (exact) mass is 415 g/mol.